The predicted octanol–water partition coefficient (Wildman–Crippen LogP) is 1.23. The summed E-state index contributed by atoms with van der Waals surface area (Å²) < 4.78 is 4.64. The van der Waals surface area contributed by atoms with E-state index in [0.29, 0.717) is 6.04 Å². The van der Waals surface area contributed by atoms with E-state index < -0.39 is 5.97 Å². The van der Waals surface area contributed by atoms with Gasteiger partial charge >= 0.3 is 5.97 Å². The fraction of sp³-hybridized carbons (Fsp3) is 0.643. The maximum Gasteiger partial charge on any atom is 0.358 e. The molecule has 0 saturated carbocycles. The van der Waals surface area contributed by atoms with Crippen molar-refractivity contribution in [2.75, 3.05) is 31.6 Å². The van der Waals surface area contributed by atoms with Crippen LogP contribution in [0.1, 0.15) is 36.7 Å². The molecule has 6 nitrogen and oxygen atoms in total. The lowest BCUT2D eigenvalue weighted by atomic mass is 10.0. The van der Waals surface area contributed by atoms with Gasteiger partial charge in [-0.05, 0) is 32.4 Å². The summed E-state index contributed by atoms with van der Waals surface area (Å²) in [5.41, 5.74) is 0.248. The number of methoxy groups -OCH3 is 1. The number of nitrogens with one attached hydrogen (secondary N) is 1. The topological polar surface area (TPSA) is 67.4 Å². The summed E-state index contributed by atoms with van der Waals surface area (Å²) in [5, 5.41) is 3.37. The normalized spacial score (nSPS) is 15.9. The average Bonchev–Trinajstić information content (AvgIpc) is 2.53. The highest BCUT2D eigenvalue weighted by atomic mass is 16.5. The van der Waals surface area contributed by atoms with E-state index in [9.17, 15) is 4.79 Å². The van der Waals surface area contributed by atoms with Crippen LogP contribution in [-0.2, 0) is 4.74 Å². The molecule has 20 heavy (non-hydrogen) atoms. The number of piperidine rings is 1. The maximum absolute atomic E-state index is 11.4. The van der Waals surface area contributed by atoms with Crippen molar-refractivity contribution in [3.63, 3.8) is 0 Å². The molecule has 1 aromatic rings. The molecule has 110 valence electrons. The van der Waals surface area contributed by atoms with E-state index in [1.54, 1.807) is 6.20 Å². The molecule has 0 aromatic carbocycles. The highest BCUT2D eigenvalue weighted by molar-refractivity contribution is 5.86. The second-order valence-corrected chi connectivity index (χ2v) is 4.93. The molecule has 6 heteroatoms. The quantitative estimate of drug-likeness (QED) is 0.817. The van der Waals surface area contributed by atoms with Crippen LogP contribution in [0.3, 0.4) is 0 Å². The van der Waals surface area contributed by atoms with Gasteiger partial charge in [0.25, 0.3) is 0 Å². The second kappa shape index (κ2) is 7.19. The monoisotopic (exact) mass is 278 g/mol. The van der Waals surface area contributed by atoms with E-state index >= 15 is 0 Å². The van der Waals surface area contributed by atoms with E-state index in [1.807, 2.05) is 0 Å². The Hall–Kier alpha value is -1.69. The van der Waals surface area contributed by atoms with Crippen LogP contribution in [-0.4, -0.2) is 48.7 Å². The summed E-state index contributed by atoms with van der Waals surface area (Å²) in [6.45, 7) is 5.19. The first-order valence-electron chi connectivity index (χ1n) is 7.14. The van der Waals surface area contributed by atoms with Gasteiger partial charge in [-0.1, -0.05) is 6.92 Å². The molecule has 0 bridgehead atoms. The fourth-order valence-electron chi connectivity index (χ4n) is 2.52. The van der Waals surface area contributed by atoms with E-state index in [0.717, 1.165) is 44.7 Å². The molecule has 1 saturated heterocycles. The van der Waals surface area contributed by atoms with E-state index in [1.165, 1.54) is 13.3 Å². The summed E-state index contributed by atoms with van der Waals surface area (Å²) in [5.74, 6) is 0.388. The van der Waals surface area contributed by atoms with Crippen molar-refractivity contribution in [2.45, 2.75) is 32.2 Å². The van der Waals surface area contributed by atoms with Crippen molar-refractivity contribution in [3.05, 3.63) is 18.1 Å². The molecular formula is C14H22N4O2. The maximum atomic E-state index is 11.4. The zero-order valence-corrected chi connectivity index (χ0v) is 12.1. The molecule has 1 aliphatic heterocycles. The molecule has 0 amide bonds. The molecule has 0 aliphatic carbocycles. The molecule has 0 spiro atoms. The van der Waals surface area contributed by atoms with Gasteiger partial charge in [-0.2, -0.15) is 0 Å². The van der Waals surface area contributed by atoms with Crippen LogP contribution < -0.4 is 10.2 Å². The Labute approximate surface area is 119 Å². The SMILES string of the molecule is CCCN(c1cnc(C(=O)OC)cn1)C1CCNCC1. The Morgan fingerprint density at radius 2 is 2.15 bits per heavy atom. The molecule has 1 fully saturated rings. The number of esters is 1. The van der Waals surface area contributed by atoms with Crippen molar-refractivity contribution in [1.29, 1.82) is 0 Å². The minimum atomic E-state index is -0.451. The molecular weight excluding hydrogens is 256 g/mol. The third-order valence-corrected chi connectivity index (χ3v) is 3.54. The van der Waals surface area contributed by atoms with Gasteiger partial charge in [0.15, 0.2) is 5.69 Å². The Bertz CT molecular complexity index is 429. The highest BCUT2D eigenvalue weighted by Gasteiger charge is 2.22. The summed E-state index contributed by atoms with van der Waals surface area (Å²) in [6.07, 6.45) is 6.44. The van der Waals surface area contributed by atoms with Gasteiger partial charge in [-0.3, -0.25) is 0 Å². The standard InChI is InChI=1S/C14H22N4O2/c1-3-8-18(11-4-6-15-7-5-11)13-10-16-12(9-17-13)14(19)20-2/h9-11,15H,3-8H2,1-2H3. The van der Waals surface area contributed by atoms with E-state index in [-0.39, 0.29) is 5.69 Å². The number of carbonyl (C=O) groups is 1. The van der Waals surface area contributed by atoms with Gasteiger partial charge in [0.2, 0.25) is 0 Å². The third-order valence-electron chi connectivity index (χ3n) is 3.54. The molecule has 1 aliphatic rings. The van der Waals surface area contributed by atoms with E-state index in [2.05, 4.69) is 31.8 Å². The van der Waals surface area contributed by atoms with E-state index in [4.69, 9.17) is 0 Å². The van der Waals surface area contributed by atoms with Crippen molar-refractivity contribution in [1.82, 2.24) is 15.3 Å². The average molecular weight is 278 g/mol. The Morgan fingerprint density at radius 1 is 1.40 bits per heavy atom. The summed E-state index contributed by atoms with van der Waals surface area (Å²) >= 11 is 0. The highest BCUT2D eigenvalue weighted by Crippen LogP contribution is 2.19. The number of aromatic nitrogens is 2. The largest absolute Gasteiger partial charge is 0.464 e. The predicted molar refractivity (Wildman–Crippen MR) is 76.9 cm³/mol. The lowest BCUT2D eigenvalue weighted by molar-refractivity contribution is 0.0593. The van der Waals surface area contributed by atoms with Crippen LogP contribution in [0.25, 0.3) is 0 Å². The van der Waals surface area contributed by atoms with Crippen LogP contribution in [0.4, 0.5) is 5.82 Å². The molecule has 1 aromatic heterocycles. The summed E-state index contributed by atoms with van der Waals surface area (Å²) in [7, 11) is 1.34. The van der Waals surface area contributed by atoms with Crippen LogP contribution in [0, 0.1) is 0 Å². The summed E-state index contributed by atoms with van der Waals surface area (Å²) in [6, 6.07) is 0.495. The number of hydrogen-bond acceptors (Lipinski definition) is 6. The number of carbonyl (C=O) groups excluding carboxylic acids is 1. The van der Waals surface area contributed by atoms with Crippen LogP contribution in [0.5, 0.6) is 0 Å². The number of hydrogen-bond donors (Lipinski definition) is 1. The van der Waals surface area contributed by atoms with Crippen LogP contribution in [0.15, 0.2) is 12.4 Å². The Kier molecular flexibility index (Phi) is 5.29. The number of ether oxygens (including phenoxy) is 1. The number of rotatable bonds is 5. The minimum absolute atomic E-state index is 0.248. The van der Waals surface area contributed by atoms with Gasteiger partial charge in [-0.25, -0.2) is 14.8 Å². The first kappa shape index (κ1) is 14.7. The number of nitrogens with zero attached hydrogens (tertiary/aromatic N) is 3. The summed E-state index contributed by atoms with van der Waals surface area (Å²) in [4.78, 5) is 22.2. The first-order valence-corrected chi connectivity index (χ1v) is 7.14. The van der Waals surface area contributed by atoms with Crippen molar-refractivity contribution in [3.8, 4) is 0 Å². The zero-order chi connectivity index (χ0) is 14.4. The van der Waals surface area contributed by atoms with Gasteiger partial charge in [0, 0.05) is 12.6 Å². The Balaban J connectivity index is 2.13. The van der Waals surface area contributed by atoms with Crippen LogP contribution >= 0.6 is 0 Å². The van der Waals surface area contributed by atoms with Crippen LogP contribution in [0.2, 0.25) is 0 Å². The molecule has 1 N–H and O–H groups in total. The Morgan fingerprint density at radius 3 is 2.70 bits per heavy atom. The van der Waals surface area contributed by atoms with Gasteiger partial charge in [0.05, 0.1) is 19.5 Å². The van der Waals surface area contributed by atoms with Gasteiger partial charge in [0.1, 0.15) is 5.82 Å². The number of anilines is 1. The molecule has 0 radical (unpaired) electrons. The molecule has 2 rings (SSSR count). The van der Waals surface area contributed by atoms with Crippen molar-refractivity contribution in [2.24, 2.45) is 0 Å². The fourth-order valence-corrected chi connectivity index (χ4v) is 2.52. The smallest absolute Gasteiger partial charge is 0.358 e. The lowest BCUT2D eigenvalue weighted by Crippen LogP contribution is -2.44. The lowest BCUT2D eigenvalue weighted by Gasteiger charge is -2.35. The minimum Gasteiger partial charge on any atom is -0.464 e. The second-order valence-electron chi connectivity index (χ2n) is 4.93. The van der Waals surface area contributed by atoms with Gasteiger partial charge in [-0.15, -0.1) is 0 Å². The van der Waals surface area contributed by atoms with Gasteiger partial charge < -0.3 is 15.0 Å². The molecule has 0 atom stereocenters. The molecule has 0 unspecified atom stereocenters. The third kappa shape index (κ3) is 3.45. The van der Waals surface area contributed by atoms with Crippen molar-refractivity contribution >= 4 is 11.8 Å². The zero-order valence-electron chi connectivity index (χ0n) is 12.1. The van der Waals surface area contributed by atoms with Crippen molar-refractivity contribution < 1.29 is 9.53 Å². The first-order chi connectivity index (χ1) is 9.76. The molecule has 2 heterocycles.